The van der Waals surface area contributed by atoms with Gasteiger partial charge in [-0.05, 0) is 25.0 Å². The second kappa shape index (κ2) is 6.89. The Kier molecular flexibility index (Phi) is 4.93. The molecule has 3 N–H and O–H groups in total. The molecule has 0 heterocycles. The maximum absolute atomic E-state index is 12.4. The summed E-state index contributed by atoms with van der Waals surface area (Å²) >= 11 is 0. The van der Waals surface area contributed by atoms with Crippen molar-refractivity contribution in [1.29, 1.82) is 0 Å². The van der Waals surface area contributed by atoms with E-state index in [1.165, 1.54) is 7.05 Å². The maximum atomic E-state index is 12.4. The van der Waals surface area contributed by atoms with Crippen molar-refractivity contribution in [3.63, 3.8) is 0 Å². The lowest BCUT2D eigenvalue weighted by Gasteiger charge is -2.24. The van der Waals surface area contributed by atoms with E-state index in [4.69, 9.17) is 0 Å². The van der Waals surface area contributed by atoms with Crippen LogP contribution in [0.25, 0.3) is 0 Å². The molecule has 116 valence electrons. The molecule has 2 atom stereocenters. The molecular weight excluding hydrogens is 284 g/mol. The SMILES string of the molecule is CNC(=O)c1ccccc1NC(=O)[C@@H]1CC=CC[C@@H]1C(=O)O. The number of carboxylic acids is 1. The molecule has 0 fully saturated rings. The number of carbonyl (C=O) groups is 3. The zero-order chi connectivity index (χ0) is 16.1. The van der Waals surface area contributed by atoms with Gasteiger partial charge in [0.05, 0.1) is 23.1 Å². The van der Waals surface area contributed by atoms with E-state index >= 15 is 0 Å². The van der Waals surface area contributed by atoms with E-state index in [0.29, 0.717) is 24.1 Å². The van der Waals surface area contributed by atoms with Crippen molar-refractivity contribution in [2.75, 3.05) is 12.4 Å². The maximum Gasteiger partial charge on any atom is 0.307 e. The summed E-state index contributed by atoms with van der Waals surface area (Å²) < 4.78 is 0. The lowest BCUT2D eigenvalue weighted by Crippen LogP contribution is -2.35. The predicted molar refractivity (Wildman–Crippen MR) is 81.5 cm³/mol. The van der Waals surface area contributed by atoms with Crippen molar-refractivity contribution >= 4 is 23.5 Å². The van der Waals surface area contributed by atoms with Crippen LogP contribution in [0, 0.1) is 11.8 Å². The Morgan fingerprint density at radius 1 is 1.09 bits per heavy atom. The minimum absolute atomic E-state index is 0.311. The van der Waals surface area contributed by atoms with Crippen molar-refractivity contribution in [2.45, 2.75) is 12.8 Å². The van der Waals surface area contributed by atoms with Gasteiger partial charge in [-0.2, -0.15) is 0 Å². The average molecular weight is 302 g/mol. The number of hydrogen-bond acceptors (Lipinski definition) is 3. The Hall–Kier alpha value is -2.63. The molecule has 6 nitrogen and oxygen atoms in total. The van der Waals surface area contributed by atoms with Gasteiger partial charge in [0.1, 0.15) is 0 Å². The number of hydrogen-bond donors (Lipinski definition) is 3. The highest BCUT2D eigenvalue weighted by molar-refractivity contribution is 6.04. The topological polar surface area (TPSA) is 95.5 Å². The third-order valence-electron chi connectivity index (χ3n) is 3.74. The summed E-state index contributed by atoms with van der Waals surface area (Å²) in [6.45, 7) is 0. The summed E-state index contributed by atoms with van der Waals surface area (Å²) in [6.07, 6.45) is 4.31. The number of allylic oxidation sites excluding steroid dienone is 2. The van der Waals surface area contributed by atoms with E-state index in [1.807, 2.05) is 6.08 Å². The average Bonchev–Trinajstić information content (AvgIpc) is 2.54. The smallest absolute Gasteiger partial charge is 0.307 e. The molecule has 0 unspecified atom stereocenters. The van der Waals surface area contributed by atoms with Crippen LogP contribution >= 0.6 is 0 Å². The Labute approximate surface area is 128 Å². The van der Waals surface area contributed by atoms with Gasteiger partial charge in [-0.15, -0.1) is 0 Å². The summed E-state index contributed by atoms with van der Waals surface area (Å²) in [4.78, 5) is 35.5. The molecule has 6 heteroatoms. The molecule has 2 amide bonds. The van der Waals surface area contributed by atoms with Crippen LogP contribution in [-0.4, -0.2) is 29.9 Å². The van der Waals surface area contributed by atoms with Crippen LogP contribution in [0.4, 0.5) is 5.69 Å². The fourth-order valence-corrected chi connectivity index (χ4v) is 2.53. The molecule has 1 aliphatic carbocycles. The molecule has 0 spiro atoms. The van der Waals surface area contributed by atoms with Crippen LogP contribution in [-0.2, 0) is 9.59 Å². The van der Waals surface area contributed by atoms with Gasteiger partial charge >= 0.3 is 5.97 Å². The fraction of sp³-hybridized carbons (Fsp3) is 0.312. The molecule has 2 rings (SSSR count). The number of nitrogens with one attached hydrogen (secondary N) is 2. The van der Waals surface area contributed by atoms with Crippen LogP contribution in [0.5, 0.6) is 0 Å². The number of rotatable bonds is 4. The molecule has 0 aliphatic heterocycles. The number of benzene rings is 1. The van der Waals surface area contributed by atoms with Gasteiger partial charge in [-0.25, -0.2) is 0 Å². The number of para-hydroxylation sites is 1. The summed E-state index contributed by atoms with van der Waals surface area (Å²) in [5.74, 6) is -3.05. The lowest BCUT2D eigenvalue weighted by molar-refractivity contribution is -0.146. The first-order valence-electron chi connectivity index (χ1n) is 7.04. The third-order valence-corrected chi connectivity index (χ3v) is 3.74. The fourth-order valence-electron chi connectivity index (χ4n) is 2.53. The van der Waals surface area contributed by atoms with Gasteiger partial charge in [-0.3, -0.25) is 14.4 Å². The van der Waals surface area contributed by atoms with E-state index in [1.54, 1.807) is 30.3 Å². The Morgan fingerprint density at radius 2 is 1.73 bits per heavy atom. The molecule has 1 aromatic carbocycles. The molecule has 0 bridgehead atoms. The van der Waals surface area contributed by atoms with Crippen LogP contribution < -0.4 is 10.6 Å². The Morgan fingerprint density at radius 3 is 2.36 bits per heavy atom. The number of carbonyl (C=O) groups excluding carboxylic acids is 2. The number of carboxylic acid groups (broad SMARTS) is 1. The standard InChI is InChI=1S/C16H18N2O4/c1-17-14(19)12-8-4-5-9-13(12)18-15(20)10-6-2-3-7-11(10)16(21)22/h2-5,8-11H,6-7H2,1H3,(H,17,19)(H,18,20)(H,21,22)/t10-,11+/m1/s1. The van der Waals surface area contributed by atoms with Crippen molar-refractivity contribution in [1.82, 2.24) is 5.32 Å². The largest absolute Gasteiger partial charge is 0.481 e. The molecular formula is C16H18N2O4. The summed E-state index contributed by atoms with van der Waals surface area (Å²) in [6, 6.07) is 6.63. The first-order valence-corrected chi connectivity index (χ1v) is 7.04. The van der Waals surface area contributed by atoms with Gasteiger partial charge in [0.25, 0.3) is 5.91 Å². The minimum Gasteiger partial charge on any atom is -0.481 e. The first kappa shape index (κ1) is 15.8. The third kappa shape index (κ3) is 3.33. The molecule has 0 aromatic heterocycles. The zero-order valence-electron chi connectivity index (χ0n) is 12.2. The number of amides is 2. The van der Waals surface area contributed by atoms with E-state index in [-0.39, 0.29) is 11.8 Å². The molecule has 1 aliphatic rings. The molecule has 0 radical (unpaired) electrons. The molecule has 22 heavy (non-hydrogen) atoms. The van der Waals surface area contributed by atoms with Crippen molar-refractivity contribution in [3.8, 4) is 0 Å². The summed E-state index contributed by atoms with van der Waals surface area (Å²) in [7, 11) is 1.51. The highest BCUT2D eigenvalue weighted by atomic mass is 16.4. The van der Waals surface area contributed by atoms with Crippen LogP contribution in [0.2, 0.25) is 0 Å². The van der Waals surface area contributed by atoms with E-state index < -0.39 is 17.8 Å². The normalized spacial score (nSPS) is 20.2. The monoisotopic (exact) mass is 302 g/mol. The van der Waals surface area contributed by atoms with Crippen LogP contribution in [0.1, 0.15) is 23.2 Å². The van der Waals surface area contributed by atoms with Gasteiger partial charge in [0.2, 0.25) is 5.91 Å². The van der Waals surface area contributed by atoms with E-state index in [9.17, 15) is 19.5 Å². The number of aliphatic carboxylic acids is 1. The molecule has 0 saturated heterocycles. The highest BCUT2D eigenvalue weighted by Crippen LogP contribution is 2.27. The molecule has 1 aromatic rings. The van der Waals surface area contributed by atoms with Crippen molar-refractivity contribution in [3.05, 3.63) is 42.0 Å². The van der Waals surface area contributed by atoms with Crippen molar-refractivity contribution in [2.24, 2.45) is 11.8 Å². The van der Waals surface area contributed by atoms with E-state index in [0.717, 1.165) is 0 Å². The zero-order valence-corrected chi connectivity index (χ0v) is 12.2. The molecule has 0 saturated carbocycles. The van der Waals surface area contributed by atoms with Crippen molar-refractivity contribution < 1.29 is 19.5 Å². The summed E-state index contributed by atoms with van der Waals surface area (Å²) in [5, 5.41) is 14.4. The lowest BCUT2D eigenvalue weighted by atomic mass is 9.82. The van der Waals surface area contributed by atoms with Gasteiger partial charge in [-0.1, -0.05) is 24.3 Å². The van der Waals surface area contributed by atoms with Crippen LogP contribution in [0.15, 0.2) is 36.4 Å². The van der Waals surface area contributed by atoms with Crippen LogP contribution in [0.3, 0.4) is 0 Å². The summed E-state index contributed by atoms with van der Waals surface area (Å²) in [5.41, 5.74) is 0.724. The number of anilines is 1. The first-order chi connectivity index (χ1) is 10.5. The predicted octanol–water partition coefficient (Wildman–Crippen LogP) is 1.65. The second-order valence-corrected chi connectivity index (χ2v) is 5.11. The highest BCUT2D eigenvalue weighted by Gasteiger charge is 2.34. The Bertz CT molecular complexity index is 624. The van der Waals surface area contributed by atoms with Gasteiger partial charge in [0.15, 0.2) is 0 Å². The van der Waals surface area contributed by atoms with Gasteiger partial charge < -0.3 is 15.7 Å². The minimum atomic E-state index is -0.982. The Balaban J connectivity index is 2.20. The quantitative estimate of drug-likeness (QED) is 0.737. The van der Waals surface area contributed by atoms with E-state index in [2.05, 4.69) is 10.6 Å². The second-order valence-electron chi connectivity index (χ2n) is 5.11. The van der Waals surface area contributed by atoms with Gasteiger partial charge in [0, 0.05) is 7.05 Å².